The lowest BCUT2D eigenvalue weighted by molar-refractivity contribution is -0.188. The van der Waals surface area contributed by atoms with Crippen LogP contribution in [0, 0.1) is 0 Å². The SMILES string of the molecule is C=P(C)(C)CCC1O[C@@H](n2cc(CN(CC(=O)OC(C)(C)C)C(=O)C(F)(F)F)c(=O)[nH]c2=O)[C@H](O)[C@@H]1O. The van der Waals surface area contributed by atoms with Crippen molar-refractivity contribution in [1.29, 1.82) is 0 Å². The van der Waals surface area contributed by atoms with Gasteiger partial charge >= 0.3 is 23.7 Å². The molecule has 15 heteroatoms. The minimum absolute atomic E-state index is 0.0665. The largest absolute Gasteiger partial charge is 0.471 e. The van der Waals surface area contributed by atoms with E-state index in [0.717, 1.165) is 10.8 Å². The quantitative estimate of drug-likeness (QED) is 0.310. The second-order valence-electron chi connectivity index (χ2n) is 10.6. The molecular formula is C22H33F3N3O8P. The van der Waals surface area contributed by atoms with Crippen molar-refractivity contribution in [2.24, 2.45) is 0 Å². The van der Waals surface area contributed by atoms with E-state index in [4.69, 9.17) is 9.47 Å². The molecule has 37 heavy (non-hydrogen) atoms. The standard InChI is InChI=1S/C22H33F3N3O8P/c1-21(2,3)36-14(29)11-27(19(33)22(23,24)25)9-12-10-28(20(34)26-17(12)32)18-16(31)15(30)13(35-18)7-8-37(4,5)6/h10,13,15-16,18,30-31H,4,7-9,11H2,1-3,5-6H3,(H,26,32,34)/t13?,15-,16-,18-/m1/s1. The first-order valence-corrected chi connectivity index (χ1v) is 14.4. The zero-order valence-electron chi connectivity index (χ0n) is 21.2. The molecule has 0 bridgehead atoms. The third-order valence-corrected chi connectivity index (χ3v) is 6.77. The molecule has 0 aliphatic carbocycles. The number of ether oxygens (including phenoxy) is 2. The van der Waals surface area contributed by atoms with E-state index in [9.17, 15) is 42.6 Å². The number of aromatic nitrogens is 2. The summed E-state index contributed by atoms with van der Waals surface area (Å²) >= 11 is 0. The highest BCUT2D eigenvalue weighted by Crippen LogP contribution is 2.39. The van der Waals surface area contributed by atoms with E-state index in [1.165, 1.54) is 20.8 Å². The number of amides is 1. The van der Waals surface area contributed by atoms with Gasteiger partial charge in [-0.2, -0.15) is 13.2 Å². The van der Waals surface area contributed by atoms with Gasteiger partial charge in [0.05, 0.1) is 18.2 Å². The Hall–Kier alpha value is -2.41. The highest BCUT2D eigenvalue weighted by Gasteiger charge is 2.45. The Morgan fingerprint density at radius 3 is 2.32 bits per heavy atom. The average Bonchev–Trinajstić information content (AvgIpc) is 2.98. The molecule has 2 rings (SSSR count). The summed E-state index contributed by atoms with van der Waals surface area (Å²) in [6.07, 6.45) is -4.85. The van der Waals surface area contributed by atoms with E-state index in [1.807, 2.05) is 18.3 Å². The van der Waals surface area contributed by atoms with Gasteiger partial charge < -0.3 is 24.6 Å². The van der Waals surface area contributed by atoms with E-state index < -0.39 is 85.0 Å². The van der Waals surface area contributed by atoms with Gasteiger partial charge in [-0.3, -0.25) is 23.9 Å². The molecule has 210 valence electrons. The molecule has 0 aromatic carbocycles. The summed E-state index contributed by atoms with van der Waals surface area (Å²) in [5.41, 5.74) is -3.72. The van der Waals surface area contributed by atoms with Crippen molar-refractivity contribution in [3.63, 3.8) is 0 Å². The molecule has 11 nitrogen and oxygen atoms in total. The van der Waals surface area contributed by atoms with Gasteiger partial charge in [-0.05, 0) is 46.7 Å². The predicted molar refractivity (Wildman–Crippen MR) is 130 cm³/mol. The Balaban J connectivity index is 2.38. The maximum atomic E-state index is 13.2. The summed E-state index contributed by atoms with van der Waals surface area (Å²) in [7, 11) is 0. The first-order chi connectivity index (χ1) is 16.7. The fourth-order valence-electron chi connectivity index (χ4n) is 3.62. The molecule has 1 aromatic heterocycles. The summed E-state index contributed by atoms with van der Waals surface area (Å²) in [6, 6.07) is 0. The van der Waals surface area contributed by atoms with Crippen LogP contribution in [0.4, 0.5) is 13.2 Å². The van der Waals surface area contributed by atoms with Crippen LogP contribution in [-0.4, -0.2) is 99.0 Å². The third kappa shape index (κ3) is 8.56. The summed E-state index contributed by atoms with van der Waals surface area (Å²) in [4.78, 5) is 51.0. The Bertz CT molecular complexity index is 1170. The molecule has 1 aliphatic heterocycles. The molecular weight excluding hydrogens is 522 g/mol. The highest BCUT2D eigenvalue weighted by molar-refractivity contribution is 7.72. The number of aromatic amines is 1. The molecule has 1 fully saturated rings. The fourth-order valence-corrected chi connectivity index (χ4v) is 4.57. The van der Waals surface area contributed by atoms with Crippen LogP contribution in [0.2, 0.25) is 0 Å². The molecule has 1 saturated heterocycles. The zero-order valence-corrected chi connectivity index (χ0v) is 22.1. The Labute approximate surface area is 211 Å². The minimum Gasteiger partial charge on any atom is -0.459 e. The van der Waals surface area contributed by atoms with Crippen molar-refractivity contribution >= 4 is 25.1 Å². The lowest BCUT2D eigenvalue weighted by Crippen LogP contribution is -2.46. The van der Waals surface area contributed by atoms with E-state index >= 15 is 0 Å². The number of carbonyl (C=O) groups excluding carboxylic acids is 2. The lowest BCUT2D eigenvalue weighted by Gasteiger charge is -2.26. The Morgan fingerprint density at radius 1 is 1.22 bits per heavy atom. The number of aliphatic hydroxyl groups excluding tert-OH is 2. The van der Waals surface area contributed by atoms with Gasteiger partial charge in [0.2, 0.25) is 0 Å². The van der Waals surface area contributed by atoms with Gasteiger partial charge in [-0.15, -0.1) is 13.2 Å². The smallest absolute Gasteiger partial charge is 0.459 e. The van der Waals surface area contributed by atoms with Crippen molar-refractivity contribution in [3.05, 3.63) is 32.6 Å². The van der Waals surface area contributed by atoms with E-state index in [0.29, 0.717) is 12.6 Å². The summed E-state index contributed by atoms with van der Waals surface area (Å²) < 4.78 is 51.0. The number of carbonyl (C=O) groups is 2. The number of halogens is 3. The van der Waals surface area contributed by atoms with Crippen molar-refractivity contribution in [2.45, 2.75) is 70.1 Å². The molecule has 2 heterocycles. The maximum Gasteiger partial charge on any atom is 0.471 e. The van der Waals surface area contributed by atoms with Crippen LogP contribution in [0.3, 0.4) is 0 Å². The van der Waals surface area contributed by atoms with E-state index in [1.54, 1.807) is 0 Å². The molecule has 1 aliphatic rings. The first-order valence-electron chi connectivity index (χ1n) is 11.3. The van der Waals surface area contributed by atoms with Crippen LogP contribution in [0.1, 0.15) is 39.0 Å². The number of nitrogens with zero attached hydrogens (tertiary/aromatic N) is 2. The molecule has 0 saturated carbocycles. The third-order valence-electron chi connectivity index (χ3n) is 5.30. The van der Waals surface area contributed by atoms with Crippen LogP contribution in [-0.2, 0) is 25.6 Å². The molecule has 1 amide bonds. The topological polar surface area (TPSA) is 151 Å². The number of alkyl halides is 3. The number of hydrogen-bond acceptors (Lipinski definition) is 8. The van der Waals surface area contributed by atoms with Gasteiger partial charge in [-0.1, -0.05) is 0 Å². The molecule has 0 radical (unpaired) electrons. The summed E-state index contributed by atoms with van der Waals surface area (Å²) in [5.74, 6) is -3.55. The molecule has 1 unspecified atom stereocenters. The van der Waals surface area contributed by atoms with Crippen LogP contribution in [0.25, 0.3) is 0 Å². The number of esters is 1. The lowest BCUT2D eigenvalue weighted by atomic mass is 10.1. The van der Waals surface area contributed by atoms with Gasteiger partial charge in [-0.25, -0.2) is 4.79 Å². The minimum atomic E-state index is -5.37. The number of H-pyrrole nitrogens is 1. The van der Waals surface area contributed by atoms with Crippen molar-refractivity contribution in [2.75, 3.05) is 26.0 Å². The monoisotopic (exact) mass is 555 g/mol. The fraction of sp³-hybridized carbons (Fsp3) is 0.682. The van der Waals surface area contributed by atoms with Crippen LogP contribution >= 0.6 is 6.89 Å². The number of nitrogens with one attached hydrogen (secondary N) is 1. The summed E-state index contributed by atoms with van der Waals surface area (Å²) in [5, 5.41) is 20.9. The Morgan fingerprint density at radius 2 is 1.81 bits per heavy atom. The number of rotatable bonds is 8. The van der Waals surface area contributed by atoms with Crippen LogP contribution in [0.5, 0.6) is 0 Å². The van der Waals surface area contributed by atoms with E-state index in [2.05, 4.69) is 6.30 Å². The number of aliphatic hydroxyl groups is 2. The molecule has 4 atom stereocenters. The van der Waals surface area contributed by atoms with Gasteiger partial charge in [0.1, 0.15) is 24.4 Å². The first kappa shape index (κ1) is 30.8. The van der Waals surface area contributed by atoms with Gasteiger partial charge in [0, 0.05) is 6.20 Å². The molecule has 3 N–H and O–H groups in total. The van der Waals surface area contributed by atoms with Crippen molar-refractivity contribution in [1.82, 2.24) is 14.5 Å². The normalized spacial score (nSPS) is 22.6. The summed E-state index contributed by atoms with van der Waals surface area (Å²) in [6.45, 7) is 4.74. The maximum absolute atomic E-state index is 13.2. The second kappa shape index (κ2) is 11.1. The van der Waals surface area contributed by atoms with Gasteiger partial charge in [0.15, 0.2) is 6.23 Å². The van der Waals surface area contributed by atoms with Gasteiger partial charge in [0.25, 0.3) is 5.56 Å². The van der Waals surface area contributed by atoms with Crippen LogP contribution in [0.15, 0.2) is 15.8 Å². The van der Waals surface area contributed by atoms with Crippen LogP contribution < -0.4 is 11.2 Å². The number of hydrogen-bond donors (Lipinski definition) is 3. The van der Waals surface area contributed by atoms with E-state index in [-0.39, 0.29) is 4.90 Å². The zero-order chi connectivity index (χ0) is 28.5. The molecule has 0 spiro atoms. The highest BCUT2D eigenvalue weighted by atomic mass is 31.2. The van der Waals surface area contributed by atoms with Crippen molar-refractivity contribution in [3.8, 4) is 0 Å². The van der Waals surface area contributed by atoms with Crippen molar-refractivity contribution < 1.29 is 42.4 Å². The average molecular weight is 555 g/mol. The second-order valence-corrected chi connectivity index (χ2v) is 14.9. The molecule has 1 aromatic rings. The Kier molecular flexibility index (Phi) is 9.28. The predicted octanol–water partition coefficient (Wildman–Crippen LogP) is 0.488.